The van der Waals surface area contributed by atoms with Crippen LogP contribution < -0.4 is 16.4 Å². The molecule has 1 heterocycles. The number of nitrogens with one attached hydrogen (secondary N) is 2. The highest BCUT2D eigenvalue weighted by Gasteiger charge is 2.31. The van der Waals surface area contributed by atoms with Gasteiger partial charge in [-0.3, -0.25) is 9.59 Å². The van der Waals surface area contributed by atoms with Crippen LogP contribution in [0.5, 0.6) is 0 Å². The molecular formula is C28H44N4O7Si. The number of benzene rings is 1. The zero-order chi connectivity index (χ0) is 29.9. The van der Waals surface area contributed by atoms with Crippen LogP contribution in [0.25, 0.3) is 0 Å². The molecule has 1 aromatic carbocycles. The van der Waals surface area contributed by atoms with Gasteiger partial charge in [0.1, 0.15) is 19.4 Å². The van der Waals surface area contributed by atoms with Gasteiger partial charge in [-0.15, -0.1) is 5.10 Å². The molecule has 1 aromatic heterocycles. The van der Waals surface area contributed by atoms with Crippen molar-refractivity contribution in [1.29, 1.82) is 0 Å². The number of carbonyl (C=O) groups excluding carboxylic acids is 3. The van der Waals surface area contributed by atoms with E-state index in [1.807, 2.05) is 58.0 Å². The molecule has 0 saturated heterocycles. The zero-order valence-corrected chi connectivity index (χ0v) is 25.7. The van der Waals surface area contributed by atoms with E-state index in [0.717, 1.165) is 16.3 Å². The average Bonchev–Trinajstić information content (AvgIpc) is 3.23. The van der Waals surface area contributed by atoms with Crippen LogP contribution in [0.4, 0.5) is 4.79 Å². The van der Waals surface area contributed by atoms with Crippen molar-refractivity contribution >= 4 is 25.9 Å². The van der Waals surface area contributed by atoms with Gasteiger partial charge in [-0.25, -0.2) is 9.59 Å². The summed E-state index contributed by atoms with van der Waals surface area (Å²) in [6, 6.07) is 8.16. The minimum Gasteiger partial charge on any atom is -0.445 e. The predicted octanol–water partition coefficient (Wildman–Crippen LogP) is 4.20. The fraction of sp³-hybridized carbons (Fsp3) is 0.607. The number of ether oxygens (including phenoxy) is 2. The second kappa shape index (κ2) is 15.5. The van der Waals surface area contributed by atoms with E-state index < -0.39 is 49.6 Å². The van der Waals surface area contributed by atoms with E-state index in [1.165, 1.54) is 0 Å². The van der Waals surface area contributed by atoms with E-state index in [2.05, 4.69) is 35.4 Å². The minimum atomic E-state index is -1.30. The number of rotatable bonds is 16. The lowest BCUT2D eigenvalue weighted by Gasteiger charge is -2.24. The molecule has 2 atom stereocenters. The molecule has 2 amide bonds. The number of ketones is 1. The maximum absolute atomic E-state index is 13.3. The molecule has 2 aromatic rings. The van der Waals surface area contributed by atoms with Crippen LogP contribution in [0.3, 0.4) is 0 Å². The Hall–Kier alpha value is -3.25. The van der Waals surface area contributed by atoms with Crippen LogP contribution >= 0.6 is 0 Å². The van der Waals surface area contributed by atoms with Gasteiger partial charge < -0.3 is 24.5 Å². The number of hydrogen-bond acceptors (Lipinski definition) is 8. The first kappa shape index (κ1) is 33.0. The van der Waals surface area contributed by atoms with E-state index in [9.17, 15) is 19.2 Å². The molecule has 0 saturated carbocycles. The summed E-state index contributed by atoms with van der Waals surface area (Å²) in [5.74, 6) is -2.29. The molecule has 12 heteroatoms. The number of carbonyl (C=O) groups is 3. The Morgan fingerprint density at radius 3 is 2.20 bits per heavy atom. The Labute approximate surface area is 237 Å². The number of alkyl carbamates (subject to hydrolysis) is 1. The topological polar surface area (TPSA) is 142 Å². The van der Waals surface area contributed by atoms with Gasteiger partial charge in [0.15, 0.2) is 0 Å². The van der Waals surface area contributed by atoms with Crippen LogP contribution in [0.2, 0.25) is 25.7 Å². The molecule has 0 aliphatic carbocycles. The fourth-order valence-corrected chi connectivity index (χ4v) is 4.51. The van der Waals surface area contributed by atoms with Crippen LogP contribution in [0, 0.1) is 11.8 Å². The molecule has 0 aliphatic rings. The Morgan fingerprint density at radius 2 is 1.60 bits per heavy atom. The molecule has 40 heavy (non-hydrogen) atoms. The Morgan fingerprint density at radius 1 is 0.975 bits per heavy atom. The van der Waals surface area contributed by atoms with Crippen molar-refractivity contribution in [2.75, 3.05) is 6.61 Å². The summed E-state index contributed by atoms with van der Waals surface area (Å²) in [6.45, 7) is 14.7. The SMILES string of the molecule is CC(C)CC(NC(=O)[C@H](CC(C)C)NC(=O)OCc1ccccc1)C(=O)c1nn(COCC[Si](C)(C)C)c(=O)o1. The smallest absolute Gasteiger partial charge is 0.439 e. The molecule has 0 aliphatic heterocycles. The lowest BCUT2D eigenvalue weighted by atomic mass is 9.98. The maximum atomic E-state index is 13.3. The number of aromatic nitrogens is 2. The van der Waals surface area contributed by atoms with E-state index in [4.69, 9.17) is 13.9 Å². The highest BCUT2D eigenvalue weighted by molar-refractivity contribution is 6.76. The summed E-state index contributed by atoms with van der Waals surface area (Å²) in [5.41, 5.74) is 0.812. The van der Waals surface area contributed by atoms with Gasteiger partial charge in [0.25, 0.3) is 5.89 Å². The van der Waals surface area contributed by atoms with Gasteiger partial charge in [-0.05, 0) is 36.3 Å². The van der Waals surface area contributed by atoms with Crippen molar-refractivity contribution in [3.8, 4) is 0 Å². The molecule has 11 nitrogen and oxygen atoms in total. The number of amides is 2. The van der Waals surface area contributed by atoms with E-state index >= 15 is 0 Å². The Bertz CT molecular complexity index is 1160. The average molecular weight is 577 g/mol. The fourth-order valence-electron chi connectivity index (χ4n) is 3.75. The third kappa shape index (κ3) is 11.9. The second-order valence-electron chi connectivity index (χ2n) is 12.0. The van der Waals surface area contributed by atoms with Gasteiger partial charge in [0.05, 0.1) is 6.04 Å². The summed E-state index contributed by atoms with van der Waals surface area (Å²) in [7, 11) is -1.30. The van der Waals surface area contributed by atoms with Gasteiger partial charge in [0.2, 0.25) is 11.7 Å². The van der Waals surface area contributed by atoms with Crippen LogP contribution in [0.15, 0.2) is 39.5 Å². The van der Waals surface area contributed by atoms with Crippen LogP contribution in [-0.2, 0) is 27.6 Å². The maximum Gasteiger partial charge on any atom is 0.439 e. The predicted molar refractivity (Wildman–Crippen MR) is 154 cm³/mol. The Kier molecular flexibility index (Phi) is 12.8. The second-order valence-corrected chi connectivity index (χ2v) is 17.6. The normalized spacial score (nSPS) is 13.2. The summed E-state index contributed by atoms with van der Waals surface area (Å²) >= 11 is 0. The van der Waals surface area contributed by atoms with E-state index in [1.54, 1.807) is 0 Å². The van der Waals surface area contributed by atoms with Gasteiger partial charge >= 0.3 is 11.8 Å². The molecule has 0 bridgehead atoms. The zero-order valence-electron chi connectivity index (χ0n) is 24.7. The standard InChI is InChI=1S/C28H44N4O7Si/c1-19(2)15-22(24(33)26-31-32(28(36)39-26)18-37-13-14-40(5,6)7)29-25(34)23(16-20(3)4)30-27(35)38-17-21-11-9-8-10-12-21/h8-12,19-20,22-23H,13-18H2,1-7H3,(H,29,34)(H,30,35)/t22?,23-/m0/s1. The van der Waals surface area contributed by atoms with Gasteiger partial charge in [-0.2, -0.15) is 4.68 Å². The van der Waals surface area contributed by atoms with Crippen molar-refractivity contribution in [1.82, 2.24) is 20.4 Å². The summed E-state index contributed by atoms with van der Waals surface area (Å²) in [5, 5.41) is 9.36. The highest BCUT2D eigenvalue weighted by atomic mass is 28.3. The van der Waals surface area contributed by atoms with Crippen LogP contribution in [-0.4, -0.2) is 54.3 Å². The lowest BCUT2D eigenvalue weighted by molar-refractivity contribution is -0.124. The van der Waals surface area contributed by atoms with E-state index in [-0.39, 0.29) is 31.6 Å². The largest absolute Gasteiger partial charge is 0.445 e. The van der Waals surface area contributed by atoms with Gasteiger partial charge in [-0.1, -0.05) is 77.7 Å². The quantitative estimate of drug-likeness (QED) is 0.172. The number of Topliss-reactive ketones (excluding diaryl/α,β-unsaturated/α-hetero) is 1. The molecule has 222 valence electrons. The van der Waals surface area contributed by atoms with Crippen LogP contribution in [0.1, 0.15) is 56.8 Å². The highest BCUT2D eigenvalue weighted by Crippen LogP contribution is 2.13. The first-order valence-corrected chi connectivity index (χ1v) is 17.4. The summed E-state index contributed by atoms with van der Waals surface area (Å²) in [4.78, 5) is 51.3. The van der Waals surface area contributed by atoms with Crippen molar-refractivity contribution in [3.63, 3.8) is 0 Å². The summed E-state index contributed by atoms with van der Waals surface area (Å²) < 4.78 is 16.9. The molecule has 2 rings (SSSR count). The van der Waals surface area contributed by atoms with Crippen molar-refractivity contribution < 1.29 is 28.3 Å². The van der Waals surface area contributed by atoms with Crippen molar-refractivity contribution in [2.45, 2.75) is 91.6 Å². The molecule has 0 fully saturated rings. The third-order valence-corrected chi connectivity index (χ3v) is 7.60. The minimum absolute atomic E-state index is 0.0281. The monoisotopic (exact) mass is 576 g/mol. The molecule has 1 unspecified atom stereocenters. The van der Waals surface area contributed by atoms with Crippen molar-refractivity contribution in [2.24, 2.45) is 11.8 Å². The molecule has 0 radical (unpaired) electrons. The van der Waals surface area contributed by atoms with Crippen molar-refractivity contribution in [3.05, 3.63) is 52.3 Å². The third-order valence-electron chi connectivity index (χ3n) is 5.90. The molecular weight excluding hydrogens is 532 g/mol. The Balaban J connectivity index is 2.08. The molecule has 2 N–H and O–H groups in total. The van der Waals surface area contributed by atoms with E-state index in [0.29, 0.717) is 13.0 Å². The first-order valence-electron chi connectivity index (χ1n) is 13.7. The summed E-state index contributed by atoms with van der Waals surface area (Å²) in [6.07, 6.45) is -0.135. The first-order chi connectivity index (χ1) is 18.7. The number of nitrogens with zero attached hydrogens (tertiary/aromatic N) is 2. The number of hydrogen-bond donors (Lipinski definition) is 2. The molecule has 0 spiro atoms. The van der Waals surface area contributed by atoms with Gasteiger partial charge in [0, 0.05) is 14.7 Å². The lowest BCUT2D eigenvalue weighted by Crippen LogP contribution is -2.52.